The van der Waals surface area contributed by atoms with Crippen LogP contribution in [0, 0.1) is 34.5 Å². The Bertz CT molecular complexity index is 672. The minimum Gasteiger partial charge on any atom is -0.193 e. The molecule has 2 nitrogen and oxygen atoms in total. The van der Waals surface area contributed by atoms with Crippen molar-refractivity contribution >= 4 is 23.5 Å². The lowest BCUT2D eigenvalue weighted by Gasteiger charge is -2.39. The second-order valence-corrected chi connectivity index (χ2v) is 10.4. The van der Waals surface area contributed by atoms with Gasteiger partial charge in [0.05, 0.1) is 32.8 Å². The van der Waals surface area contributed by atoms with Gasteiger partial charge in [-0.2, -0.15) is 10.5 Å². The topological polar surface area (TPSA) is 47.6 Å². The molecule has 26 heavy (non-hydrogen) atoms. The van der Waals surface area contributed by atoms with Crippen LogP contribution in [0.1, 0.15) is 67.2 Å². The minimum absolute atomic E-state index is 0.295. The van der Waals surface area contributed by atoms with E-state index in [1.807, 2.05) is 0 Å². The molecule has 0 N–H and O–H groups in total. The minimum atomic E-state index is -0.295. The van der Waals surface area contributed by atoms with Crippen LogP contribution in [0.15, 0.2) is 33.1 Å². The van der Waals surface area contributed by atoms with Crippen molar-refractivity contribution in [1.82, 2.24) is 0 Å². The predicted molar refractivity (Wildman–Crippen MR) is 115 cm³/mol. The van der Waals surface area contributed by atoms with Gasteiger partial charge in [0.2, 0.25) is 0 Å². The Labute approximate surface area is 167 Å². The van der Waals surface area contributed by atoms with Crippen molar-refractivity contribution in [2.75, 3.05) is 0 Å². The van der Waals surface area contributed by atoms with E-state index in [2.05, 4.69) is 65.8 Å². The van der Waals surface area contributed by atoms with Gasteiger partial charge in [0.25, 0.3) is 0 Å². The van der Waals surface area contributed by atoms with Crippen molar-refractivity contribution in [3.05, 3.63) is 33.1 Å². The van der Waals surface area contributed by atoms with E-state index in [-0.39, 0.29) is 9.49 Å². The quantitative estimate of drug-likeness (QED) is 0.462. The van der Waals surface area contributed by atoms with E-state index in [0.29, 0.717) is 11.8 Å². The molecule has 4 atom stereocenters. The SMILES string of the molecule is CCC1C=C(C)SC1(CC)/C(C#N)=C(\C#N)C1(CC)SC(C)=CC1CC. The number of allylic oxidation sites excluding steroid dienone is 4. The van der Waals surface area contributed by atoms with E-state index in [1.165, 1.54) is 9.81 Å². The lowest BCUT2D eigenvalue weighted by molar-refractivity contribution is 0.459. The molecule has 0 amide bonds. The largest absolute Gasteiger partial charge is 0.193 e. The van der Waals surface area contributed by atoms with Crippen LogP contribution >= 0.6 is 23.5 Å². The van der Waals surface area contributed by atoms with Gasteiger partial charge in [-0.05, 0) is 61.2 Å². The summed E-state index contributed by atoms with van der Waals surface area (Å²) in [5, 5.41) is 20.5. The fourth-order valence-corrected chi connectivity index (χ4v) is 7.92. The van der Waals surface area contributed by atoms with Crippen molar-refractivity contribution in [3.8, 4) is 12.1 Å². The van der Waals surface area contributed by atoms with Crippen molar-refractivity contribution < 1.29 is 0 Å². The summed E-state index contributed by atoms with van der Waals surface area (Å²) in [6.07, 6.45) is 8.33. The van der Waals surface area contributed by atoms with Gasteiger partial charge in [-0.15, -0.1) is 23.5 Å². The van der Waals surface area contributed by atoms with Crippen molar-refractivity contribution in [2.24, 2.45) is 11.8 Å². The summed E-state index contributed by atoms with van der Waals surface area (Å²) >= 11 is 3.61. The maximum atomic E-state index is 10.3. The van der Waals surface area contributed by atoms with E-state index in [1.54, 1.807) is 23.5 Å². The highest BCUT2D eigenvalue weighted by molar-refractivity contribution is 8.05. The highest BCUT2D eigenvalue weighted by Crippen LogP contribution is 2.59. The molecule has 0 radical (unpaired) electrons. The predicted octanol–water partition coefficient (Wildman–Crippen LogP) is 6.98. The first-order valence-electron chi connectivity index (χ1n) is 9.69. The third-order valence-corrected chi connectivity index (χ3v) is 9.24. The van der Waals surface area contributed by atoms with Crippen LogP contribution in [-0.2, 0) is 0 Å². The zero-order valence-corrected chi connectivity index (χ0v) is 18.5. The monoisotopic (exact) mass is 386 g/mol. The fourth-order valence-electron chi connectivity index (χ4n) is 4.74. The van der Waals surface area contributed by atoms with Crippen molar-refractivity contribution in [2.45, 2.75) is 76.7 Å². The van der Waals surface area contributed by atoms with Crippen molar-refractivity contribution in [1.29, 1.82) is 10.5 Å². The summed E-state index contributed by atoms with van der Waals surface area (Å²) in [5.74, 6) is 0.620. The number of rotatable bonds is 6. The van der Waals surface area contributed by atoms with Gasteiger partial charge in [-0.25, -0.2) is 0 Å². The molecule has 2 rings (SSSR count). The molecular weight excluding hydrogens is 356 g/mol. The van der Waals surface area contributed by atoms with Crippen LogP contribution in [-0.4, -0.2) is 9.49 Å². The van der Waals surface area contributed by atoms with Gasteiger partial charge in [0.15, 0.2) is 0 Å². The summed E-state index contributed by atoms with van der Waals surface area (Å²) < 4.78 is -0.591. The average Bonchev–Trinajstić information content (AvgIpc) is 3.16. The first-order valence-corrected chi connectivity index (χ1v) is 11.3. The molecule has 0 aromatic heterocycles. The maximum Gasteiger partial charge on any atom is 0.0973 e. The Morgan fingerprint density at radius 1 is 0.846 bits per heavy atom. The summed E-state index contributed by atoms with van der Waals surface area (Å²) in [7, 11) is 0. The number of hydrogen-bond acceptors (Lipinski definition) is 4. The third-order valence-electron chi connectivity index (χ3n) is 6.01. The van der Waals surface area contributed by atoms with E-state index < -0.39 is 0 Å². The number of thioether (sulfide) groups is 2. The van der Waals surface area contributed by atoms with Crippen LogP contribution < -0.4 is 0 Å². The smallest absolute Gasteiger partial charge is 0.0973 e. The molecule has 0 saturated heterocycles. The standard InChI is InChI=1S/C22H30N2S2/c1-7-17-11-15(5)25-21(17,9-3)19(13-23)20(14-24)22(10-4)18(8-2)12-16(6)26-22/h11-12,17-18H,7-10H2,1-6H3/b20-19+. The summed E-state index contributed by atoms with van der Waals surface area (Å²) in [4.78, 5) is 2.55. The molecule has 0 saturated carbocycles. The Morgan fingerprint density at radius 3 is 1.42 bits per heavy atom. The third kappa shape index (κ3) is 3.17. The molecule has 0 fully saturated rings. The lowest BCUT2D eigenvalue weighted by Crippen LogP contribution is -2.39. The van der Waals surface area contributed by atoms with Crippen LogP contribution in [0.4, 0.5) is 0 Å². The molecular formula is C22H30N2S2. The van der Waals surface area contributed by atoms with Crippen LogP contribution in [0.2, 0.25) is 0 Å². The maximum absolute atomic E-state index is 10.3. The Morgan fingerprint density at radius 2 is 1.19 bits per heavy atom. The molecule has 2 heterocycles. The second-order valence-electron chi connectivity index (χ2n) is 7.25. The Kier molecular flexibility index (Phi) is 6.75. The van der Waals surface area contributed by atoms with Gasteiger partial charge in [0, 0.05) is 0 Å². The van der Waals surface area contributed by atoms with Crippen LogP contribution in [0.5, 0.6) is 0 Å². The summed E-state index contributed by atoms with van der Waals surface area (Å²) in [6.45, 7) is 13.0. The zero-order chi connectivity index (χ0) is 19.5. The summed E-state index contributed by atoms with van der Waals surface area (Å²) in [6, 6.07) is 5.07. The van der Waals surface area contributed by atoms with Gasteiger partial charge >= 0.3 is 0 Å². The van der Waals surface area contributed by atoms with Crippen LogP contribution in [0.25, 0.3) is 0 Å². The molecule has 140 valence electrons. The van der Waals surface area contributed by atoms with Gasteiger partial charge in [-0.1, -0.05) is 39.8 Å². The first-order chi connectivity index (χ1) is 12.4. The van der Waals surface area contributed by atoms with Gasteiger partial charge in [-0.3, -0.25) is 0 Å². The van der Waals surface area contributed by atoms with E-state index >= 15 is 0 Å². The summed E-state index contributed by atoms with van der Waals surface area (Å²) in [5.41, 5.74) is 1.45. The fraction of sp³-hybridized carbons (Fsp3) is 0.636. The molecule has 2 aliphatic rings. The molecule has 0 spiro atoms. The first kappa shape index (κ1) is 21.2. The molecule has 2 aliphatic heterocycles. The van der Waals surface area contributed by atoms with Crippen LogP contribution in [0.3, 0.4) is 0 Å². The van der Waals surface area contributed by atoms with Crippen molar-refractivity contribution in [3.63, 3.8) is 0 Å². The highest BCUT2D eigenvalue weighted by Gasteiger charge is 2.51. The lowest BCUT2D eigenvalue weighted by atomic mass is 9.73. The molecule has 0 aromatic rings. The molecule has 0 bridgehead atoms. The Hall–Kier alpha value is -1.10. The number of nitriles is 2. The zero-order valence-electron chi connectivity index (χ0n) is 16.8. The molecule has 0 aliphatic carbocycles. The number of nitrogens with zero attached hydrogens (tertiary/aromatic N) is 2. The van der Waals surface area contributed by atoms with E-state index in [4.69, 9.17) is 0 Å². The molecule has 4 heteroatoms. The van der Waals surface area contributed by atoms with Gasteiger partial charge < -0.3 is 0 Å². The Balaban J connectivity index is 2.73. The van der Waals surface area contributed by atoms with E-state index in [0.717, 1.165) is 36.8 Å². The normalized spacial score (nSPS) is 34.6. The molecule has 4 unspecified atom stereocenters. The molecule has 0 aromatic carbocycles. The second kappa shape index (κ2) is 8.28. The number of hydrogen-bond donors (Lipinski definition) is 0. The highest BCUT2D eigenvalue weighted by atomic mass is 32.2. The average molecular weight is 387 g/mol. The van der Waals surface area contributed by atoms with E-state index in [9.17, 15) is 10.5 Å². The van der Waals surface area contributed by atoms with Gasteiger partial charge in [0.1, 0.15) is 0 Å².